The summed E-state index contributed by atoms with van der Waals surface area (Å²) in [6, 6.07) is 13.8. The molecule has 1 atom stereocenters. The summed E-state index contributed by atoms with van der Waals surface area (Å²) in [5.74, 6) is -0.102. The molecule has 1 saturated heterocycles. The van der Waals surface area contributed by atoms with Crippen LogP contribution in [0, 0.1) is 18.7 Å². The number of nitrogens with zero attached hydrogens (tertiary/aromatic N) is 1. The molecule has 26 heavy (non-hydrogen) atoms. The molecule has 0 bridgehead atoms. The van der Waals surface area contributed by atoms with E-state index in [2.05, 4.69) is 0 Å². The van der Waals surface area contributed by atoms with E-state index in [-0.39, 0.29) is 17.4 Å². The van der Waals surface area contributed by atoms with Crippen LogP contribution in [0.4, 0.5) is 4.39 Å². The largest absolute Gasteiger partial charge is 0.490 e. The Morgan fingerprint density at radius 3 is 2.65 bits per heavy atom. The van der Waals surface area contributed by atoms with Gasteiger partial charge in [0, 0.05) is 19.0 Å². The Morgan fingerprint density at radius 2 is 1.88 bits per heavy atom. The lowest BCUT2D eigenvalue weighted by molar-refractivity contribution is 0.176. The van der Waals surface area contributed by atoms with Gasteiger partial charge in [0.2, 0.25) is 10.0 Å². The fourth-order valence-electron chi connectivity index (χ4n) is 3.24. The zero-order valence-electron chi connectivity index (χ0n) is 14.9. The molecule has 2 aromatic rings. The second-order valence-electron chi connectivity index (χ2n) is 6.79. The highest BCUT2D eigenvalue weighted by atomic mass is 32.2. The maximum absolute atomic E-state index is 13.7. The zero-order valence-corrected chi connectivity index (χ0v) is 15.7. The smallest absolute Gasteiger partial charge is 0.218 e. The predicted molar refractivity (Wildman–Crippen MR) is 100.0 cm³/mol. The molecule has 2 aromatic carbocycles. The van der Waals surface area contributed by atoms with Crippen molar-refractivity contribution >= 4 is 10.0 Å². The lowest BCUT2D eigenvalue weighted by atomic mass is 10.0. The Morgan fingerprint density at radius 1 is 1.15 bits per heavy atom. The second-order valence-corrected chi connectivity index (χ2v) is 8.76. The Kier molecular flexibility index (Phi) is 5.94. The van der Waals surface area contributed by atoms with Gasteiger partial charge < -0.3 is 4.74 Å². The van der Waals surface area contributed by atoms with Gasteiger partial charge in [-0.25, -0.2) is 17.1 Å². The third-order valence-electron chi connectivity index (χ3n) is 4.79. The van der Waals surface area contributed by atoms with Crippen molar-refractivity contribution in [2.24, 2.45) is 5.92 Å². The van der Waals surface area contributed by atoms with Crippen LogP contribution in [0.15, 0.2) is 48.5 Å². The first-order chi connectivity index (χ1) is 12.5. The molecule has 0 aromatic heterocycles. The minimum Gasteiger partial charge on any atom is -0.490 e. The topological polar surface area (TPSA) is 46.6 Å². The summed E-state index contributed by atoms with van der Waals surface area (Å²) in [4.78, 5) is 0. The van der Waals surface area contributed by atoms with Gasteiger partial charge in [-0.2, -0.15) is 0 Å². The number of para-hydroxylation sites is 1. The van der Waals surface area contributed by atoms with E-state index in [0.717, 1.165) is 24.0 Å². The van der Waals surface area contributed by atoms with E-state index < -0.39 is 15.8 Å². The van der Waals surface area contributed by atoms with Crippen molar-refractivity contribution in [3.63, 3.8) is 0 Å². The third kappa shape index (κ3) is 4.62. The first kappa shape index (κ1) is 18.9. The quantitative estimate of drug-likeness (QED) is 0.770. The Hall–Kier alpha value is -1.92. The molecule has 1 unspecified atom stereocenters. The summed E-state index contributed by atoms with van der Waals surface area (Å²) in [5.41, 5.74) is 1.81. The lowest BCUT2D eigenvalue weighted by Crippen LogP contribution is -2.42. The highest BCUT2D eigenvalue weighted by Gasteiger charge is 2.29. The van der Waals surface area contributed by atoms with Crippen molar-refractivity contribution in [3.8, 4) is 5.75 Å². The number of hydrogen-bond donors (Lipinski definition) is 0. The Labute approximate surface area is 154 Å². The van der Waals surface area contributed by atoms with Crippen molar-refractivity contribution in [1.82, 2.24) is 4.31 Å². The number of halogens is 1. The average molecular weight is 377 g/mol. The van der Waals surface area contributed by atoms with Crippen molar-refractivity contribution in [2.45, 2.75) is 25.5 Å². The van der Waals surface area contributed by atoms with Crippen LogP contribution in [0.2, 0.25) is 0 Å². The highest BCUT2D eigenvalue weighted by molar-refractivity contribution is 7.88. The minimum absolute atomic E-state index is 0.0144. The van der Waals surface area contributed by atoms with Gasteiger partial charge in [-0.3, -0.25) is 0 Å². The molecule has 3 rings (SSSR count). The minimum atomic E-state index is -3.38. The number of ether oxygens (including phenoxy) is 1. The van der Waals surface area contributed by atoms with Gasteiger partial charge in [-0.1, -0.05) is 36.4 Å². The van der Waals surface area contributed by atoms with Crippen LogP contribution in [0.3, 0.4) is 0 Å². The molecular weight excluding hydrogens is 353 g/mol. The molecule has 1 aliphatic rings. The Bertz CT molecular complexity index is 854. The summed E-state index contributed by atoms with van der Waals surface area (Å²) < 4.78 is 46.4. The van der Waals surface area contributed by atoms with Crippen molar-refractivity contribution in [1.29, 1.82) is 0 Å². The zero-order chi connectivity index (χ0) is 18.6. The number of hydrogen-bond acceptors (Lipinski definition) is 3. The monoisotopic (exact) mass is 377 g/mol. The van der Waals surface area contributed by atoms with E-state index in [0.29, 0.717) is 19.7 Å². The molecule has 0 spiro atoms. The fraction of sp³-hybridized carbons (Fsp3) is 0.400. The number of rotatable bonds is 6. The van der Waals surface area contributed by atoms with Gasteiger partial charge in [0.1, 0.15) is 0 Å². The number of sulfonamides is 1. The number of aryl methyl sites for hydroxylation is 1. The molecule has 6 heteroatoms. The normalized spacial score (nSPS) is 18.6. The molecule has 0 N–H and O–H groups in total. The molecule has 0 amide bonds. The summed E-state index contributed by atoms with van der Waals surface area (Å²) in [6.07, 6.45) is 1.67. The number of piperidine rings is 1. The molecule has 1 heterocycles. The first-order valence-corrected chi connectivity index (χ1v) is 10.5. The summed E-state index contributed by atoms with van der Waals surface area (Å²) >= 11 is 0. The molecular formula is C20H24FNO3S. The Balaban J connectivity index is 1.62. The van der Waals surface area contributed by atoms with Gasteiger partial charge in [0.15, 0.2) is 11.6 Å². The summed E-state index contributed by atoms with van der Waals surface area (Å²) in [6.45, 7) is 3.19. The third-order valence-corrected chi connectivity index (χ3v) is 6.58. The predicted octanol–water partition coefficient (Wildman–Crippen LogP) is 3.75. The van der Waals surface area contributed by atoms with Gasteiger partial charge in [-0.05, 0) is 43.0 Å². The standard InChI is InChI=1S/C20H24FNO3S/c1-16-7-2-3-9-18(16)15-26(23,24)22-12-6-8-17(13-22)14-25-20-11-5-4-10-19(20)21/h2-5,7,9-11,17H,6,8,12-15H2,1H3. The SMILES string of the molecule is Cc1ccccc1CS(=O)(=O)N1CCCC(COc2ccccc2F)C1. The molecule has 140 valence electrons. The van der Waals surface area contributed by atoms with Crippen LogP contribution >= 0.6 is 0 Å². The molecule has 1 fully saturated rings. The molecule has 1 aliphatic heterocycles. The van der Waals surface area contributed by atoms with Crippen LogP contribution in [-0.2, 0) is 15.8 Å². The maximum Gasteiger partial charge on any atom is 0.218 e. The van der Waals surface area contributed by atoms with Crippen LogP contribution < -0.4 is 4.74 Å². The van der Waals surface area contributed by atoms with Crippen LogP contribution in [0.25, 0.3) is 0 Å². The van der Waals surface area contributed by atoms with Gasteiger partial charge >= 0.3 is 0 Å². The highest BCUT2D eigenvalue weighted by Crippen LogP contribution is 2.24. The van der Waals surface area contributed by atoms with E-state index in [9.17, 15) is 12.8 Å². The molecule has 0 radical (unpaired) electrons. The average Bonchev–Trinajstić information content (AvgIpc) is 2.63. The van der Waals surface area contributed by atoms with Crippen LogP contribution in [-0.4, -0.2) is 32.4 Å². The number of benzene rings is 2. The first-order valence-electron chi connectivity index (χ1n) is 8.85. The summed E-state index contributed by atoms with van der Waals surface area (Å²) in [7, 11) is -3.38. The van der Waals surface area contributed by atoms with Crippen LogP contribution in [0.5, 0.6) is 5.75 Å². The molecule has 4 nitrogen and oxygen atoms in total. The van der Waals surface area contributed by atoms with Gasteiger partial charge in [0.05, 0.1) is 12.4 Å². The van der Waals surface area contributed by atoms with Gasteiger partial charge in [-0.15, -0.1) is 0 Å². The maximum atomic E-state index is 13.7. The van der Waals surface area contributed by atoms with Gasteiger partial charge in [0.25, 0.3) is 0 Å². The fourth-order valence-corrected chi connectivity index (χ4v) is 4.99. The lowest BCUT2D eigenvalue weighted by Gasteiger charge is -2.32. The van der Waals surface area contributed by atoms with E-state index in [1.165, 1.54) is 6.07 Å². The van der Waals surface area contributed by atoms with E-state index in [1.807, 2.05) is 31.2 Å². The van der Waals surface area contributed by atoms with E-state index >= 15 is 0 Å². The van der Waals surface area contributed by atoms with E-state index in [1.54, 1.807) is 22.5 Å². The van der Waals surface area contributed by atoms with Crippen molar-refractivity contribution in [3.05, 3.63) is 65.5 Å². The van der Waals surface area contributed by atoms with Crippen molar-refractivity contribution < 1.29 is 17.5 Å². The van der Waals surface area contributed by atoms with E-state index in [4.69, 9.17) is 4.74 Å². The van der Waals surface area contributed by atoms with Crippen molar-refractivity contribution in [2.75, 3.05) is 19.7 Å². The van der Waals surface area contributed by atoms with Crippen LogP contribution in [0.1, 0.15) is 24.0 Å². The second kappa shape index (κ2) is 8.18. The molecule has 0 saturated carbocycles. The molecule has 0 aliphatic carbocycles. The summed E-state index contributed by atoms with van der Waals surface area (Å²) in [5, 5.41) is 0.